The van der Waals surface area contributed by atoms with Crippen LogP contribution < -0.4 is 10.6 Å². The Labute approximate surface area is 115 Å². The van der Waals surface area contributed by atoms with E-state index in [1.807, 2.05) is 24.3 Å². The molecule has 0 aliphatic heterocycles. The number of carbonyl (C=O) groups is 1. The molecule has 0 spiro atoms. The van der Waals surface area contributed by atoms with E-state index in [0.29, 0.717) is 6.04 Å². The van der Waals surface area contributed by atoms with Crippen LogP contribution in [-0.4, -0.2) is 25.7 Å². The molecule has 0 aliphatic carbocycles. The lowest BCUT2D eigenvalue weighted by Gasteiger charge is -2.17. The average Bonchev–Trinajstić information content (AvgIpc) is 2.40. The molecule has 106 valence electrons. The van der Waals surface area contributed by atoms with E-state index in [9.17, 15) is 4.79 Å². The van der Waals surface area contributed by atoms with Crippen LogP contribution in [0.2, 0.25) is 0 Å². The Morgan fingerprint density at radius 3 is 2.37 bits per heavy atom. The van der Waals surface area contributed by atoms with Gasteiger partial charge in [0.2, 0.25) is 5.91 Å². The van der Waals surface area contributed by atoms with Crippen LogP contribution in [0.3, 0.4) is 0 Å². The van der Waals surface area contributed by atoms with Crippen molar-refractivity contribution >= 4 is 17.3 Å². The third-order valence-electron chi connectivity index (χ3n) is 2.94. The first-order valence-corrected chi connectivity index (χ1v) is 6.85. The molecule has 4 nitrogen and oxygen atoms in total. The Kier molecular flexibility index (Phi) is 6.97. The smallest absolute Gasteiger partial charge is 0.250 e. The highest BCUT2D eigenvalue weighted by Gasteiger charge is 2.05. The highest BCUT2D eigenvalue weighted by molar-refractivity contribution is 5.91. The minimum atomic E-state index is -0.138. The summed E-state index contributed by atoms with van der Waals surface area (Å²) in [6.45, 7) is 4.46. The van der Waals surface area contributed by atoms with Crippen molar-refractivity contribution in [1.82, 2.24) is 0 Å². The molecule has 1 rings (SSSR count). The number of ether oxygens (including phenoxy) is 1. The van der Waals surface area contributed by atoms with Gasteiger partial charge in [-0.15, -0.1) is 0 Å². The summed E-state index contributed by atoms with van der Waals surface area (Å²) in [4.78, 5) is 11.4. The van der Waals surface area contributed by atoms with Crippen molar-refractivity contribution in [2.75, 3.05) is 24.4 Å². The summed E-state index contributed by atoms with van der Waals surface area (Å²) >= 11 is 0. The van der Waals surface area contributed by atoms with Gasteiger partial charge in [-0.25, -0.2) is 0 Å². The molecule has 0 radical (unpaired) electrons. The van der Waals surface area contributed by atoms with Crippen molar-refractivity contribution < 1.29 is 9.53 Å². The fraction of sp³-hybridized carbons (Fsp3) is 0.533. The molecule has 2 N–H and O–H groups in total. The summed E-state index contributed by atoms with van der Waals surface area (Å²) in [7, 11) is 1.51. The fourth-order valence-corrected chi connectivity index (χ4v) is 1.94. The second-order valence-corrected chi connectivity index (χ2v) is 4.60. The first kappa shape index (κ1) is 15.5. The normalized spacial score (nSPS) is 11.9. The molecule has 1 aromatic carbocycles. The third kappa shape index (κ3) is 5.75. The molecule has 0 fully saturated rings. The van der Waals surface area contributed by atoms with Crippen LogP contribution in [0.15, 0.2) is 24.3 Å². The van der Waals surface area contributed by atoms with E-state index < -0.39 is 0 Å². The largest absolute Gasteiger partial charge is 0.382 e. The number of amides is 1. The molecule has 0 aliphatic rings. The maximum Gasteiger partial charge on any atom is 0.250 e. The molecular formula is C15H24N2O2. The summed E-state index contributed by atoms with van der Waals surface area (Å²) in [5.74, 6) is -0.138. The second kappa shape index (κ2) is 8.53. The van der Waals surface area contributed by atoms with Crippen molar-refractivity contribution in [2.24, 2.45) is 0 Å². The van der Waals surface area contributed by atoms with Gasteiger partial charge in [-0.3, -0.25) is 4.79 Å². The Bertz CT molecular complexity index is 376. The number of nitrogens with one attached hydrogen (secondary N) is 2. The molecule has 1 unspecified atom stereocenters. The third-order valence-corrected chi connectivity index (χ3v) is 2.94. The number of hydrogen-bond donors (Lipinski definition) is 2. The van der Waals surface area contributed by atoms with Gasteiger partial charge >= 0.3 is 0 Å². The second-order valence-electron chi connectivity index (χ2n) is 4.60. The Morgan fingerprint density at radius 1 is 1.21 bits per heavy atom. The van der Waals surface area contributed by atoms with Crippen molar-refractivity contribution in [3.63, 3.8) is 0 Å². The van der Waals surface area contributed by atoms with E-state index in [1.54, 1.807) is 0 Å². The quantitative estimate of drug-likeness (QED) is 0.757. The summed E-state index contributed by atoms with van der Waals surface area (Å²) in [5.41, 5.74) is 1.88. The molecule has 4 heteroatoms. The highest BCUT2D eigenvalue weighted by atomic mass is 16.5. The van der Waals surface area contributed by atoms with Crippen molar-refractivity contribution in [1.29, 1.82) is 0 Å². The lowest BCUT2D eigenvalue weighted by atomic mass is 10.1. The van der Waals surface area contributed by atoms with Gasteiger partial charge in [-0.1, -0.05) is 20.3 Å². The zero-order chi connectivity index (χ0) is 14.1. The first-order valence-electron chi connectivity index (χ1n) is 6.85. The molecule has 0 aromatic heterocycles. The van der Waals surface area contributed by atoms with Crippen LogP contribution in [0.5, 0.6) is 0 Å². The standard InChI is InChI=1S/C15H24N2O2/c1-4-6-12(5-2)16-13-7-9-14(10-8-13)17-15(18)11-19-3/h7-10,12,16H,4-6,11H2,1-3H3,(H,17,18). The Hall–Kier alpha value is -1.55. The van der Waals surface area contributed by atoms with Crippen LogP contribution in [0.1, 0.15) is 33.1 Å². The predicted octanol–water partition coefficient (Wildman–Crippen LogP) is 3.26. The zero-order valence-electron chi connectivity index (χ0n) is 12.0. The number of rotatable bonds is 8. The van der Waals surface area contributed by atoms with Crippen LogP contribution in [0.25, 0.3) is 0 Å². The highest BCUT2D eigenvalue weighted by Crippen LogP contribution is 2.16. The molecule has 1 aromatic rings. The van der Waals surface area contributed by atoms with E-state index >= 15 is 0 Å². The monoisotopic (exact) mass is 264 g/mol. The molecule has 19 heavy (non-hydrogen) atoms. The van der Waals surface area contributed by atoms with E-state index in [2.05, 4.69) is 24.5 Å². The molecule has 0 saturated carbocycles. The topological polar surface area (TPSA) is 50.4 Å². The zero-order valence-corrected chi connectivity index (χ0v) is 12.0. The number of hydrogen-bond acceptors (Lipinski definition) is 3. The maximum atomic E-state index is 11.4. The average molecular weight is 264 g/mol. The fourth-order valence-electron chi connectivity index (χ4n) is 1.94. The van der Waals surface area contributed by atoms with Crippen molar-refractivity contribution in [3.8, 4) is 0 Å². The number of anilines is 2. The number of methoxy groups -OCH3 is 1. The minimum Gasteiger partial charge on any atom is -0.382 e. The van der Waals surface area contributed by atoms with E-state index in [1.165, 1.54) is 20.0 Å². The minimum absolute atomic E-state index is 0.0778. The summed E-state index contributed by atoms with van der Waals surface area (Å²) in [6.07, 6.45) is 3.46. The van der Waals surface area contributed by atoms with Gasteiger partial charge < -0.3 is 15.4 Å². The van der Waals surface area contributed by atoms with Gasteiger partial charge in [0, 0.05) is 24.5 Å². The van der Waals surface area contributed by atoms with Gasteiger partial charge in [-0.2, -0.15) is 0 Å². The molecule has 1 amide bonds. The Balaban J connectivity index is 2.53. The lowest BCUT2D eigenvalue weighted by molar-refractivity contribution is -0.119. The van der Waals surface area contributed by atoms with Gasteiger partial charge in [-0.05, 0) is 37.1 Å². The summed E-state index contributed by atoms with van der Waals surface area (Å²) in [6, 6.07) is 8.28. The summed E-state index contributed by atoms with van der Waals surface area (Å²) in [5, 5.41) is 6.27. The maximum absolute atomic E-state index is 11.4. The molecule has 1 atom stereocenters. The predicted molar refractivity (Wildman–Crippen MR) is 79.6 cm³/mol. The molecular weight excluding hydrogens is 240 g/mol. The summed E-state index contributed by atoms with van der Waals surface area (Å²) < 4.78 is 4.77. The van der Waals surface area contributed by atoms with Gasteiger partial charge in [0.15, 0.2) is 0 Å². The van der Waals surface area contributed by atoms with Crippen LogP contribution >= 0.6 is 0 Å². The van der Waals surface area contributed by atoms with Gasteiger partial charge in [0.05, 0.1) is 0 Å². The lowest BCUT2D eigenvalue weighted by Crippen LogP contribution is -2.18. The van der Waals surface area contributed by atoms with Crippen molar-refractivity contribution in [2.45, 2.75) is 39.2 Å². The van der Waals surface area contributed by atoms with Crippen LogP contribution in [0.4, 0.5) is 11.4 Å². The molecule has 0 heterocycles. The van der Waals surface area contributed by atoms with E-state index in [-0.39, 0.29) is 12.5 Å². The number of carbonyl (C=O) groups excluding carboxylic acids is 1. The van der Waals surface area contributed by atoms with Crippen LogP contribution in [0, 0.1) is 0 Å². The number of benzene rings is 1. The van der Waals surface area contributed by atoms with Crippen molar-refractivity contribution in [3.05, 3.63) is 24.3 Å². The van der Waals surface area contributed by atoms with Gasteiger partial charge in [0.25, 0.3) is 0 Å². The SMILES string of the molecule is CCCC(CC)Nc1ccc(NC(=O)COC)cc1. The molecule has 0 saturated heterocycles. The van der Waals surface area contributed by atoms with E-state index in [4.69, 9.17) is 4.74 Å². The molecule has 0 bridgehead atoms. The first-order chi connectivity index (χ1) is 9.19. The van der Waals surface area contributed by atoms with E-state index in [0.717, 1.165) is 17.8 Å². The Morgan fingerprint density at radius 2 is 1.84 bits per heavy atom. The van der Waals surface area contributed by atoms with Gasteiger partial charge in [0.1, 0.15) is 6.61 Å². The van der Waals surface area contributed by atoms with Crippen LogP contribution in [-0.2, 0) is 9.53 Å².